The molecule has 0 saturated carbocycles. The second-order valence-corrected chi connectivity index (χ2v) is 2.53. The Kier molecular flexibility index (Phi) is 1.12. The van der Waals surface area contributed by atoms with Crippen molar-refractivity contribution in [2.45, 2.75) is 6.92 Å². The fourth-order valence-electron chi connectivity index (χ4n) is 1.02. The fourth-order valence-corrected chi connectivity index (χ4v) is 1.02. The average molecular weight is 148 g/mol. The normalized spacial score (nSPS) is 10.6. The number of nitrogens with zero attached hydrogens (tertiary/aromatic N) is 1. The summed E-state index contributed by atoms with van der Waals surface area (Å²) in [4.78, 5) is 3.97. The van der Waals surface area contributed by atoms with Crippen LogP contribution >= 0.6 is 0 Å². The van der Waals surface area contributed by atoms with Crippen molar-refractivity contribution in [3.63, 3.8) is 0 Å². The van der Waals surface area contributed by atoms with Gasteiger partial charge in [-0.05, 0) is 24.6 Å². The van der Waals surface area contributed by atoms with Gasteiger partial charge in [0.05, 0.1) is 0 Å². The smallest absolute Gasteiger partial charge is 0.181 e. The molecule has 0 radical (unpaired) electrons. The van der Waals surface area contributed by atoms with Crippen LogP contribution in [0.1, 0.15) is 5.56 Å². The van der Waals surface area contributed by atoms with Gasteiger partial charge in [0.15, 0.2) is 12.0 Å². The highest BCUT2D eigenvalue weighted by molar-refractivity contribution is 5.78. The van der Waals surface area contributed by atoms with Crippen LogP contribution in [-0.4, -0.2) is 4.98 Å². The molecule has 0 atom stereocenters. The number of hydrogen-bond acceptors (Lipinski definition) is 3. The van der Waals surface area contributed by atoms with Crippen molar-refractivity contribution in [3.8, 4) is 0 Å². The summed E-state index contributed by atoms with van der Waals surface area (Å²) in [6.45, 7) is 1.94. The van der Waals surface area contributed by atoms with Crippen LogP contribution < -0.4 is 5.73 Å². The van der Waals surface area contributed by atoms with E-state index in [9.17, 15) is 0 Å². The van der Waals surface area contributed by atoms with Gasteiger partial charge >= 0.3 is 0 Å². The monoisotopic (exact) mass is 148 g/mol. The predicted octanol–water partition coefficient (Wildman–Crippen LogP) is 1.72. The first-order chi connectivity index (χ1) is 5.27. The Bertz CT molecular complexity index is 356. The van der Waals surface area contributed by atoms with Crippen molar-refractivity contribution in [2.75, 3.05) is 5.73 Å². The van der Waals surface area contributed by atoms with Crippen LogP contribution in [0.2, 0.25) is 0 Å². The molecule has 0 unspecified atom stereocenters. The second kappa shape index (κ2) is 1.99. The maximum atomic E-state index is 5.66. The second-order valence-electron chi connectivity index (χ2n) is 2.53. The Morgan fingerprint density at radius 2 is 2.27 bits per heavy atom. The predicted molar refractivity (Wildman–Crippen MR) is 43.2 cm³/mol. The number of rotatable bonds is 0. The van der Waals surface area contributed by atoms with Crippen molar-refractivity contribution < 1.29 is 4.42 Å². The zero-order valence-corrected chi connectivity index (χ0v) is 6.16. The van der Waals surface area contributed by atoms with E-state index < -0.39 is 0 Å². The molecule has 0 spiro atoms. The number of anilines is 1. The number of aryl methyl sites for hydroxylation is 1. The molecular formula is C8H8N2O. The largest absolute Gasteiger partial charge is 0.443 e. The molecular weight excluding hydrogens is 140 g/mol. The number of nitrogen functional groups attached to an aromatic ring is 1. The minimum Gasteiger partial charge on any atom is -0.443 e. The Labute approximate surface area is 63.8 Å². The van der Waals surface area contributed by atoms with E-state index in [1.807, 2.05) is 19.1 Å². The topological polar surface area (TPSA) is 52.0 Å². The zero-order chi connectivity index (χ0) is 7.84. The molecule has 1 aromatic heterocycles. The Balaban J connectivity index is 2.86. The number of fused-ring (bicyclic) bond motifs is 1. The third kappa shape index (κ3) is 0.852. The zero-order valence-electron chi connectivity index (χ0n) is 6.16. The first-order valence-corrected chi connectivity index (χ1v) is 3.37. The van der Waals surface area contributed by atoms with Crippen molar-refractivity contribution >= 4 is 16.8 Å². The Hall–Kier alpha value is -1.51. The molecule has 11 heavy (non-hydrogen) atoms. The van der Waals surface area contributed by atoms with Crippen molar-refractivity contribution in [3.05, 3.63) is 24.1 Å². The maximum absolute atomic E-state index is 5.66. The van der Waals surface area contributed by atoms with Gasteiger partial charge in [-0.3, -0.25) is 0 Å². The van der Waals surface area contributed by atoms with E-state index in [0.29, 0.717) is 0 Å². The summed E-state index contributed by atoms with van der Waals surface area (Å²) in [5, 5.41) is 0. The first kappa shape index (κ1) is 6.22. The number of benzene rings is 1. The molecule has 0 aliphatic rings. The lowest BCUT2D eigenvalue weighted by molar-refractivity contribution is 0.602. The van der Waals surface area contributed by atoms with Gasteiger partial charge in [-0.1, -0.05) is 0 Å². The van der Waals surface area contributed by atoms with Gasteiger partial charge < -0.3 is 10.2 Å². The molecule has 0 amide bonds. The Morgan fingerprint density at radius 1 is 1.45 bits per heavy atom. The molecule has 2 rings (SSSR count). The van der Waals surface area contributed by atoms with Gasteiger partial charge in [-0.25, -0.2) is 4.98 Å². The number of hydrogen-bond donors (Lipinski definition) is 1. The molecule has 3 heteroatoms. The minimum atomic E-state index is 0.756. The quantitative estimate of drug-likeness (QED) is 0.578. The fraction of sp³-hybridized carbons (Fsp3) is 0.125. The highest BCUT2D eigenvalue weighted by Crippen LogP contribution is 2.19. The summed E-state index contributed by atoms with van der Waals surface area (Å²) in [6.07, 6.45) is 1.42. The molecule has 1 aromatic carbocycles. The molecule has 1 heterocycles. The van der Waals surface area contributed by atoms with Gasteiger partial charge in [-0.15, -0.1) is 0 Å². The van der Waals surface area contributed by atoms with Crippen LogP contribution in [0.15, 0.2) is 22.9 Å². The van der Waals surface area contributed by atoms with Crippen molar-refractivity contribution in [1.82, 2.24) is 4.98 Å². The SMILES string of the molecule is Cc1cc2ocnc2cc1N. The lowest BCUT2D eigenvalue weighted by atomic mass is 10.2. The van der Waals surface area contributed by atoms with Gasteiger partial charge in [0.2, 0.25) is 0 Å². The summed E-state index contributed by atoms with van der Waals surface area (Å²) in [6, 6.07) is 3.70. The van der Waals surface area contributed by atoms with E-state index >= 15 is 0 Å². The van der Waals surface area contributed by atoms with Gasteiger partial charge in [0.1, 0.15) is 5.52 Å². The highest BCUT2D eigenvalue weighted by Gasteiger charge is 2.00. The van der Waals surface area contributed by atoms with E-state index in [1.54, 1.807) is 0 Å². The molecule has 0 aliphatic heterocycles. The van der Waals surface area contributed by atoms with E-state index in [-0.39, 0.29) is 0 Å². The van der Waals surface area contributed by atoms with Crippen LogP contribution in [0.5, 0.6) is 0 Å². The van der Waals surface area contributed by atoms with E-state index in [2.05, 4.69) is 4.98 Å². The number of oxazole rings is 1. The highest BCUT2D eigenvalue weighted by atomic mass is 16.3. The van der Waals surface area contributed by atoms with Gasteiger partial charge in [0.25, 0.3) is 0 Å². The summed E-state index contributed by atoms with van der Waals surface area (Å²) < 4.78 is 5.09. The van der Waals surface area contributed by atoms with Crippen LogP contribution in [0.25, 0.3) is 11.1 Å². The summed E-state index contributed by atoms with van der Waals surface area (Å²) in [5.41, 5.74) is 9.04. The van der Waals surface area contributed by atoms with Gasteiger partial charge in [-0.2, -0.15) is 0 Å². The first-order valence-electron chi connectivity index (χ1n) is 3.37. The molecule has 0 saturated heterocycles. The number of aromatic nitrogens is 1. The average Bonchev–Trinajstić information content (AvgIpc) is 2.36. The lowest BCUT2D eigenvalue weighted by Crippen LogP contribution is -1.87. The van der Waals surface area contributed by atoms with E-state index in [0.717, 1.165) is 22.4 Å². The van der Waals surface area contributed by atoms with Crippen LogP contribution in [0, 0.1) is 6.92 Å². The molecule has 2 aromatic rings. The molecule has 0 bridgehead atoms. The third-order valence-electron chi connectivity index (χ3n) is 1.72. The minimum absolute atomic E-state index is 0.756. The van der Waals surface area contributed by atoms with E-state index in [1.165, 1.54) is 6.39 Å². The summed E-state index contributed by atoms with van der Waals surface area (Å²) >= 11 is 0. The maximum Gasteiger partial charge on any atom is 0.181 e. The molecule has 0 aliphatic carbocycles. The molecule has 0 fully saturated rings. The van der Waals surface area contributed by atoms with Crippen LogP contribution in [-0.2, 0) is 0 Å². The van der Waals surface area contributed by atoms with Crippen molar-refractivity contribution in [1.29, 1.82) is 0 Å². The third-order valence-corrected chi connectivity index (χ3v) is 1.72. The standard InChI is InChI=1S/C8H8N2O/c1-5-2-8-7(3-6(5)9)10-4-11-8/h2-4H,9H2,1H3. The molecule has 3 nitrogen and oxygen atoms in total. The molecule has 2 N–H and O–H groups in total. The summed E-state index contributed by atoms with van der Waals surface area (Å²) in [5.74, 6) is 0. The van der Waals surface area contributed by atoms with Crippen molar-refractivity contribution in [2.24, 2.45) is 0 Å². The van der Waals surface area contributed by atoms with Crippen LogP contribution in [0.3, 0.4) is 0 Å². The number of nitrogens with two attached hydrogens (primary N) is 1. The summed E-state index contributed by atoms with van der Waals surface area (Å²) in [7, 11) is 0. The Morgan fingerprint density at radius 3 is 3.09 bits per heavy atom. The lowest BCUT2D eigenvalue weighted by Gasteiger charge is -1.96. The van der Waals surface area contributed by atoms with E-state index in [4.69, 9.17) is 10.2 Å². The van der Waals surface area contributed by atoms with Gasteiger partial charge in [0, 0.05) is 5.69 Å². The molecule has 56 valence electrons. The van der Waals surface area contributed by atoms with Crippen LogP contribution in [0.4, 0.5) is 5.69 Å².